The number of thiophene rings is 1. The highest BCUT2D eigenvalue weighted by Crippen LogP contribution is 2.31. The number of nitriles is 1. The van der Waals surface area contributed by atoms with Gasteiger partial charge in [-0.05, 0) is 6.92 Å². The molecule has 0 aliphatic rings. The van der Waals surface area contributed by atoms with Crippen LogP contribution in [0, 0.1) is 11.3 Å². The maximum atomic E-state index is 12.3. The second-order valence-electron chi connectivity index (χ2n) is 4.18. The molecule has 1 atom stereocenters. The maximum absolute atomic E-state index is 12.3. The molecule has 0 fully saturated rings. The van der Waals surface area contributed by atoms with Crippen molar-refractivity contribution in [1.82, 2.24) is 14.9 Å². The minimum atomic E-state index is -0.204. The summed E-state index contributed by atoms with van der Waals surface area (Å²) in [5.41, 5.74) is 6.86. The predicted octanol–water partition coefficient (Wildman–Crippen LogP) is 1.65. The monoisotopic (exact) mass is 275 g/mol. The summed E-state index contributed by atoms with van der Waals surface area (Å²) in [5.74, 6) is -0.204. The number of carbonyl (C=O) groups is 1. The minimum Gasteiger partial charge on any atom is -0.396 e. The molecule has 98 valence electrons. The van der Waals surface area contributed by atoms with E-state index in [1.165, 1.54) is 16.2 Å². The zero-order valence-corrected chi connectivity index (χ0v) is 11.4. The first-order chi connectivity index (χ1) is 9.06. The molecule has 0 saturated heterocycles. The van der Waals surface area contributed by atoms with Crippen LogP contribution in [0.4, 0.5) is 5.69 Å². The fourth-order valence-corrected chi connectivity index (χ4v) is 2.64. The van der Waals surface area contributed by atoms with Crippen molar-refractivity contribution < 1.29 is 4.79 Å². The van der Waals surface area contributed by atoms with Crippen molar-refractivity contribution in [3.63, 3.8) is 0 Å². The first-order valence-corrected chi connectivity index (χ1v) is 6.51. The molecule has 1 unspecified atom stereocenters. The van der Waals surface area contributed by atoms with Crippen LogP contribution >= 0.6 is 11.3 Å². The molecular formula is C12H13N5OS. The molecule has 0 aromatic carbocycles. The summed E-state index contributed by atoms with van der Waals surface area (Å²) in [6.45, 7) is 1.82. The molecular weight excluding hydrogens is 262 g/mol. The first-order valence-electron chi connectivity index (χ1n) is 5.69. The van der Waals surface area contributed by atoms with Gasteiger partial charge in [-0.3, -0.25) is 4.79 Å². The van der Waals surface area contributed by atoms with E-state index in [1.54, 1.807) is 19.4 Å². The highest BCUT2D eigenvalue weighted by Gasteiger charge is 2.23. The molecule has 2 N–H and O–H groups in total. The minimum absolute atomic E-state index is 0.164. The lowest BCUT2D eigenvalue weighted by molar-refractivity contribution is 0.0752. The molecule has 1 amide bonds. The molecule has 2 rings (SSSR count). The van der Waals surface area contributed by atoms with Crippen molar-refractivity contribution in [2.75, 3.05) is 12.8 Å². The van der Waals surface area contributed by atoms with Crippen LogP contribution in [0.15, 0.2) is 12.4 Å². The van der Waals surface area contributed by atoms with Crippen LogP contribution in [-0.4, -0.2) is 33.9 Å². The van der Waals surface area contributed by atoms with E-state index in [1.807, 2.05) is 13.0 Å². The molecule has 0 spiro atoms. The third kappa shape index (κ3) is 2.35. The van der Waals surface area contributed by atoms with E-state index in [2.05, 4.69) is 9.97 Å². The van der Waals surface area contributed by atoms with E-state index in [0.29, 0.717) is 20.9 Å². The summed E-state index contributed by atoms with van der Waals surface area (Å²) in [6.07, 6.45) is 3.39. The van der Waals surface area contributed by atoms with Gasteiger partial charge in [0.1, 0.15) is 15.2 Å². The quantitative estimate of drug-likeness (QED) is 0.918. The van der Waals surface area contributed by atoms with E-state index in [-0.39, 0.29) is 18.4 Å². The van der Waals surface area contributed by atoms with E-state index in [9.17, 15) is 4.79 Å². The molecule has 0 radical (unpaired) electrons. The van der Waals surface area contributed by atoms with E-state index in [0.717, 1.165) is 0 Å². The van der Waals surface area contributed by atoms with Gasteiger partial charge in [-0.15, -0.1) is 11.3 Å². The van der Waals surface area contributed by atoms with Gasteiger partial charge in [-0.25, -0.2) is 9.97 Å². The van der Waals surface area contributed by atoms with Crippen LogP contribution in [0.25, 0.3) is 10.3 Å². The number of amides is 1. The third-order valence-electron chi connectivity index (χ3n) is 2.93. The van der Waals surface area contributed by atoms with Crippen molar-refractivity contribution in [2.24, 2.45) is 0 Å². The van der Waals surface area contributed by atoms with Crippen molar-refractivity contribution in [2.45, 2.75) is 19.4 Å². The Morgan fingerprint density at radius 1 is 1.58 bits per heavy atom. The topological polar surface area (TPSA) is 95.9 Å². The number of hydrogen-bond donors (Lipinski definition) is 1. The SMILES string of the molecule is CC(CC#N)N(C)C(=O)c1sc2nccnc2c1N. The number of nitrogens with zero attached hydrogens (tertiary/aromatic N) is 4. The van der Waals surface area contributed by atoms with Gasteiger partial charge < -0.3 is 10.6 Å². The Bertz CT molecular complexity index is 660. The lowest BCUT2D eigenvalue weighted by Crippen LogP contribution is -2.34. The number of rotatable bonds is 3. The smallest absolute Gasteiger partial charge is 0.266 e. The Morgan fingerprint density at radius 3 is 2.89 bits per heavy atom. The number of anilines is 1. The average molecular weight is 275 g/mol. The summed E-state index contributed by atoms with van der Waals surface area (Å²) >= 11 is 1.22. The second-order valence-corrected chi connectivity index (χ2v) is 5.18. The van der Waals surface area contributed by atoms with Crippen LogP contribution in [0.3, 0.4) is 0 Å². The fraction of sp³-hybridized carbons (Fsp3) is 0.333. The van der Waals surface area contributed by atoms with Crippen LogP contribution in [0.1, 0.15) is 23.0 Å². The van der Waals surface area contributed by atoms with E-state index >= 15 is 0 Å². The predicted molar refractivity (Wildman–Crippen MR) is 73.6 cm³/mol. The van der Waals surface area contributed by atoms with Gasteiger partial charge in [0.2, 0.25) is 0 Å². The summed E-state index contributed by atoms with van der Waals surface area (Å²) in [6, 6.07) is 1.89. The Morgan fingerprint density at radius 2 is 2.26 bits per heavy atom. The first kappa shape index (κ1) is 13.2. The zero-order valence-electron chi connectivity index (χ0n) is 10.6. The Hall–Kier alpha value is -2.20. The Balaban J connectivity index is 2.37. The zero-order chi connectivity index (χ0) is 14.0. The fourth-order valence-electron chi connectivity index (χ4n) is 1.63. The molecule has 0 saturated carbocycles. The van der Waals surface area contributed by atoms with Gasteiger partial charge >= 0.3 is 0 Å². The lowest BCUT2D eigenvalue weighted by Gasteiger charge is -2.22. The second kappa shape index (κ2) is 5.20. The van der Waals surface area contributed by atoms with Crippen LogP contribution in [0.2, 0.25) is 0 Å². The number of hydrogen-bond acceptors (Lipinski definition) is 6. The van der Waals surface area contributed by atoms with E-state index < -0.39 is 0 Å². The summed E-state index contributed by atoms with van der Waals surface area (Å²) < 4.78 is 0. The normalized spacial score (nSPS) is 12.1. The van der Waals surface area contributed by atoms with Crippen LogP contribution in [0.5, 0.6) is 0 Å². The van der Waals surface area contributed by atoms with Crippen LogP contribution in [-0.2, 0) is 0 Å². The van der Waals surface area contributed by atoms with Crippen molar-refractivity contribution >= 4 is 33.3 Å². The highest BCUT2D eigenvalue weighted by atomic mass is 32.1. The molecule has 2 heterocycles. The number of nitrogen functional groups attached to an aromatic ring is 1. The number of nitrogens with two attached hydrogens (primary N) is 1. The molecule has 0 aliphatic heterocycles. The molecule has 19 heavy (non-hydrogen) atoms. The largest absolute Gasteiger partial charge is 0.396 e. The van der Waals surface area contributed by atoms with Gasteiger partial charge in [-0.2, -0.15) is 5.26 Å². The van der Waals surface area contributed by atoms with Gasteiger partial charge in [0.15, 0.2) is 0 Å². The van der Waals surface area contributed by atoms with Crippen molar-refractivity contribution in [3.05, 3.63) is 17.3 Å². The maximum Gasteiger partial charge on any atom is 0.266 e. The van der Waals surface area contributed by atoms with Gasteiger partial charge in [-0.1, -0.05) is 0 Å². The third-order valence-corrected chi connectivity index (χ3v) is 4.02. The number of carbonyl (C=O) groups excluding carboxylic acids is 1. The standard InChI is InChI=1S/C12H13N5OS/c1-7(3-4-13)17(2)12(18)10-8(14)9-11(19-10)16-6-5-15-9/h5-7H,3,14H2,1-2H3. The summed E-state index contributed by atoms with van der Waals surface area (Å²) in [4.78, 5) is 23.2. The summed E-state index contributed by atoms with van der Waals surface area (Å²) in [7, 11) is 1.66. The molecule has 0 aliphatic carbocycles. The van der Waals surface area contributed by atoms with Gasteiger partial charge in [0, 0.05) is 25.5 Å². The molecule has 7 heteroatoms. The molecule has 2 aromatic rings. The average Bonchev–Trinajstić information content (AvgIpc) is 2.75. The van der Waals surface area contributed by atoms with Crippen molar-refractivity contribution in [1.29, 1.82) is 5.26 Å². The molecule has 0 bridgehead atoms. The summed E-state index contributed by atoms with van der Waals surface area (Å²) in [5, 5.41) is 8.68. The lowest BCUT2D eigenvalue weighted by atomic mass is 10.2. The van der Waals surface area contributed by atoms with Crippen molar-refractivity contribution in [3.8, 4) is 6.07 Å². The van der Waals surface area contributed by atoms with Crippen LogP contribution < -0.4 is 5.73 Å². The van der Waals surface area contributed by atoms with E-state index in [4.69, 9.17) is 11.0 Å². The molecule has 2 aromatic heterocycles. The number of fused-ring (bicyclic) bond motifs is 1. The molecule has 6 nitrogen and oxygen atoms in total. The number of aromatic nitrogens is 2. The van der Waals surface area contributed by atoms with Gasteiger partial charge in [0.25, 0.3) is 5.91 Å². The Labute approximate surface area is 114 Å². The van der Waals surface area contributed by atoms with Gasteiger partial charge in [0.05, 0.1) is 18.2 Å². The highest BCUT2D eigenvalue weighted by molar-refractivity contribution is 7.21. The Kier molecular flexibility index (Phi) is 3.62.